The summed E-state index contributed by atoms with van der Waals surface area (Å²) in [6.07, 6.45) is 6.09. The highest BCUT2D eigenvalue weighted by atomic mass is 35.5. The van der Waals surface area contributed by atoms with Gasteiger partial charge in [-0.3, -0.25) is 9.59 Å². The molecule has 1 heterocycles. The van der Waals surface area contributed by atoms with Gasteiger partial charge in [0.05, 0.1) is 5.92 Å². The number of hydrogen-bond acceptors (Lipinski definition) is 3. The first-order valence-corrected chi connectivity index (χ1v) is 7.50. The number of amides is 2. The molecule has 2 aliphatic carbocycles. The van der Waals surface area contributed by atoms with E-state index in [1.807, 2.05) is 0 Å². The summed E-state index contributed by atoms with van der Waals surface area (Å²) in [6.45, 7) is 0.721. The van der Waals surface area contributed by atoms with Gasteiger partial charge in [-0.1, -0.05) is 0 Å². The maximum Gasteiger partial charge on any atom is 0.242 e. The Labute approximate surface area is 125 Å². The molecular weight excluding hydrogens is 278 g/mol. The zero-order valence-electron chi connectivity index (χ0n) is 11.6. The molecular formula is C14H24ClN3O2. The van der Waals surface area contributed by atoms with Crippen molar-refractivity contribution in [2.45, 2.75) is 50.6 Å². The maximum atomic E-state index is 12.4. The smallest absolute Gasteiger partial charge is 0.242 e. The molecule has 4 N–H and O–H groups in total. The topological polar surface area (TPSA) is 84.2 Å². The number of nitrogens with two attached hydrogens (primary N) is 1. The van der Waals surface area contributed by atoms with Crippen molar-refractivity contribution in [1.29, 1.82) is 0 Å². The summed E-state index contributed by atoms with van der Waals surface area (Å²) in [7, 11) is 0. The molecule has 0 aromatic rings. The minimum atomic E-state index is -0.360. The summed E-state index contributed by atoms with van der Waals surface area (Å²) in [5.41, 5.74) is 6.17. The second-order valence-corrected chi connectivity index (χ2v) is 6.28. The Morgan fingerprint density at radius 1 is 1.20 bits per heavy atom. The molecule has 0 aromatic carbocycles. The minimum absolute atomic E-state index is 0. The standard InChI is InChI=1S/C14H23N3O2.ClH/c15-12-9-5-4-8(7-9)11(12)14(19)17-10-3-1-2-6-16-13(10)18;/h8-12H,1-7,15H2,(H,16,18)(H,17,19);1H. The highest BCUT2D eigenvalue weighted by molar-refractivity contribution is 5.89. The Balaban J connectivity index is 0.00000147. The van der Waals surface area contributed by atoms with Gasteiger partial charge < -0.3 is 16.4 Å². The van der Waals surface area contributed by atoms with Gasteiger partial charge in [-0.25, -0.2) is 0 Å². The van der Waals surface area contributed by atoms with Crippen molar-refractivity contribution in [3.05, 3.63) is 0 Å². The Kier molecular flexibility index (Phi) is 4.91. The lowest BCUT2D eigenvalue weighted by Crippen LogP contribution is -2.51. The number of nitrogens with one attached hydrogen (secondary N) is 2. The fourth-order valence-corrected chi connectivity index (χ4v) is 4.07. The first-order valence-electron chi connectivity index (χ1n) is 7.50. The van der Waals surface area contributed by atoms with E-state index in [1.54, 1.807) is 0 Å². The van der Waals surface area contributed by atoms with Crippen LogP contribution in [0.15, 0.2) is 0 Å². The quantitative estimate of drug-likeness (QED) is 0.697. The lowest BCUT2D eigenvalue weighted by Gasteiger charge is -2.28. The van der Waals surface area contributed by atoms with E-state index in [4.69, 9.17) is 5.73 Å². The van der Waals surface area contributed by atoms with Crippen molar-refractivity contribution in [2.24, 2.45) is 23.5 Å². The van der Waals surface area contributed by atoms with Crippen molar-refractivity contribution in [2.75, 3.05) is 6.54 Å². The summed E-state index contributed by atoms with van der Waals surface area (Å²) in [5, 5.41) is 5.79. The molecule has 5 unspecified atom stereocenters. The number of carbonyl (C=O) groups excluding carboxylic acids is 2. The number of carbonyl (C=O) groups is 2. The van der Waals surface area contributed by atoms with Crippen molar-refractivity contribution in [1.82, 2.24) is 10.6 Å². The van der Waals surface area contributed by atoms with Crippen molar-refractivity contribution in [3.8, 4) is 0 Å². The number of fused-ring (bicyclic) bond motifs is 2. The Bertz CT molecular complexity index is 389. The van der Waals surface area contributed by atoms with Crippen molar-refractivity contribution in [3.63, 3.8) is 0 Å². The minimum Gasteiger partial charge on any atom is -0.354 e. The highest BCUT2D eigenvalue weighted by Gasteiger charge is 2.49. The molecule has 1 aliphatic heterocycles. The van der Waals surface area contributed by atoms with Crippen LogP contribution in [0, 0.1) is 17.8 Å². The molecule has 6 heteroatoms. The van der Waals surface area contributed by atoms with E-state index in [1.165, 1.54) is 6.42 Å². The third-order valence-electron chi connectivity index (χ3n) is 5.14. The third-order valence-corrected chi connectivity index (χ3v) is 5.14. The average Bonchev–Trinajstić information content (AvgIpc) is 2.91. The molecule has 1 saturated heterocycles. The van der Waals surface area contributed by atoms with E-state index >= 15 is 0 Å². The molecule has 0 radical (unpaired) electrons. The van der Waals surface area contributed by atoms with E-state index in [-0.39, 0.29) is 42.2 Å². The van der Waals surface area contributed by atoms with Crippen LogP contribution in [0.4, 0.5) is 0 Å². The van der Waals surface area contributed by atoms with Crippen LogP contribution >= 0.6 is 12.4 Å². The molecule has 5 atom stereocenters. The van der Waals surface area contributed by atoms with Crippen LogP contribution in [0.1, 0.15) is 38.5 Å². The van der Waals surface area contributed by atoms with Gasteiger partial charge in [-0.15, -0.1) is 12.4 Å². The predicted octanol–water partition coefficient (Wildman–Crippen LogP) is 0.567. The average molecular weight is 302 g/mol. The van der Waals surface area contributed by atoms with Crippen LogP contribution < -0.4 is 16.4 Å². The van der Waals surface area contributed by atoms with E-state index < -0.39 is 0 Å². The Morgan fingerprint density at radius 2 is 1.95 bits per heavy atom. The second kappa shape index (κ2) is 6.31. The lowest BCUT2D eigenvalue weighted by molar-refractivity contribution is -0.132. The highest BCUT2D eigenvalue weighted by Crippen LogP contribution is 2.47. The van der Waals surface area contributed by atoms with Crippen LogP contribution in [0.25, 0.3) is 0 Å². The predicted molar refractivity (Wildman–Crippen MR) is 78.3 cm³/mol. The van der Waals surface area contributed by atoms with Crippen LogP contribution in [0.5, 0.6) is 0 Å². The molecule has 5 nitrogen and oxygen atoms in total. The van der Waals surface area contributed by atoms with E-state index in [2.05, 4.69) is 10.6 Å². The van der Waals surface area contributed by atoms with Gasteiger partial charge in [0.1, 0.15) is 6.04 Å². The number of rotatable bonds is 2. The monoisotopic (exact) mass is 301 g/mol. The van der Waals surface area contributed by atoms with Crippen LogP contribution in [0.3, 0.4) is 0 Å². The molecule has 0 spiro atoms. The van der Waals surface area contributed by atoms with E-state index in [9.17, 15) is 9.59 Å². The Hall–Kier alpha value is -0.810. The largest absolute Gasteiger partial charge is 0.354 e. The number of halogens is 1. The second-order valence-electron chi connectivity index (χ2n) is 6.28. The molecule has 3 rings (SSSR count). The van der Waals surface area contributed by atoms with Gasteiger partial charge in [-0.2, -0.15) is 0 Å². The molecule has 114 valence electrons. The van der Waals surface area contributed by atoms with Gasteiger partial charge in [0.2, 0.25) is 11.8 Å². The fraction of sp³-hybridized carbons (Fsp3) is 0.857. The van der Waals surface area contributed by atoms with Crippen LogP contribution in [-0.4, -0.2) is 30.4 Å². The van der Waals surface area contributed by atoms with E-state index in [0.717, 1.165) is 38.6 Å². The molecule has 2 saturated carbocycles. The molecule has 0 aromatic heterocycles. The van der Waals surface area contributed by atoms with Gasteiger partial charge in [-0.05, 0) is 50.4 Å². The zero-order chi connectivity index (χ0) is 13.4. The normalized spacial score (nSPS) is 39.6. The van der Waals surface area contributed by atoms with Crippen LogP contribution in [0.2, 0.25) is 0 Å². The molecule has 3 aliphatic rings. The van der Waals surface area contributed by atoms with E-state index in [0.29, 0.717) is 11.8 Å². The lowest BCUT2D eigenvalue weighted by atomic mass is 9.84. The summed E-state index contributed by atoms with van der Waals surface area (Å²) in [4.78, 5) is 24.2. The van der Waals surface area contributed by atoms with Gasteiger partial charge in [0.25, 0.3) is 0 Å². The summed E-state index contributed by atoms with van der Waals surface area (Å²) in [5.74, 6) is 0.844. The van der Waals surface area contributed by atoms with Gasteiger partial charge in [0.15, 0.2) is 0 Å². The van der Waals surface area contributed by atoms with Gasteiger partial charge in [0, 0.05) is 12.6 Å². The first kappa shape index (κ1) is 15.6. The molecule has 3 fully saturated rings. The summed E-state index contributed by atoms with van der Waals surface area (Å²) in [6, 6.07) is -0.367. The summed E-state index contributed by atoms with van der Waals surface area (Å²) >= 11 is 0. The summed E-state index contributed by atoms with van der Waals surface area (Å²) < 4.78 is 0. The zero-order valence-corrected chi connectivity index (χ0v) is 12.5. The van der Waals surface area contributed by atoms with Crippen LogP contribution in [-0.2, 0) is 9.59 Å². The third kappa shape index (κ3) is 2.79. The maximum absolute atomic E-state index is 12.4. The molecule has 2 amide bonds. The SMILES string of the molecule is Cl.NC1C2CCC(C2)C1C(=O)NC1CCCCNC1=O. The first-order chi connectivity index (χ1) is 9.16. The molecule has 2 bridgehead atoms. The van der Waals surface area contributed by atoms with Crippen molar-refractivity contribution < 1.29 is 9.59 Å². The van der Waals surface area contributed by atoms with Crippen molar-refractivity contribution >= 4 is 24.2 Å². The van der Waals surface area contributed by atoms with Gasteiger partial charge >= 0.3 is 0 Å². The Morgan fingerprint density at radius 3 is 2.65 bits per heavy atom. The fourth-order valence-electron chi connectivity index (χ4n) is 4.07. The molecule has 20 heavy (non-hydrogen) atoms. The number of hydrogen-bond donors (Lipinski definition) is 3.